The molecule has 6 nitrogen and oxygen atoms in total. The summed E-state index contributed by atoms with van der Waals surface area (Å²) in [6, 6.07) is 12.7. The number of hydrogen-bond donors (Lipinski definition) is 1. The normalized spacial score (nSPS) is 11.2. The van der Waals surface area contributed by atoms with Crippen molar-refractivity contribution in [2.24, 2.45) is 4.99 Å². The SMILES string of the molecule is CN=C(NCc1ccc([N+](=O)[O-])cc1)N(C)Cc1ccc(F)cc1. The van der Waals surface area contributed by atoms with E-state index in [1.54, 1.807) is 31.3 Å². The van der Waals surface area contributed by atoms with Gasteiger partial charge >= 0.3 is 0 Å². The quantitative estimate of drug-likeness (QED) is 0.396. The van der Waals surface area contributed by atoms with E-state index in [-0.39, 0.29) is 11.5 Å². The van der Waals surface area contributed by atoms with Crippen LogP contribution in [-0.2, 0) is 13.1 Å². The van der Waals surface area contributed by atoms with Crippen molar-refractivity contribution in [1.29, 1.82) is 0 Å². The average Bonchev–Trinajstić information content (AvgIpc) is 2.58. The molecule has 0 atom stereocenters. The van der Waals surface area contributed by atoms with E-state index < -0.39 is 4.92 Å². The molecule has 0 aliphatic heterocycles. The minimum absolute atomic E-state index is 0.0663. The lowest BCUT2D eigenvalue weighted by atomic mass is 10.2. The molecule has 24 heavy (non-hydrogen) atoms. The molecule has 0 fully saturated rings. The third-order valence-electron chi connectivity index (χ3n) is 3.50. The Bertz CT molecular complexity index is 714. The van der Waals surface area contributed by atoms with Crippen LogP contribution in [-0.4, -0.2) is 29.9 Å². The lowest BCUT2D eigenvalue weighted by Gasteiger charge is -2.22. The molecule has 0 aliphatic rings. The van der Waals surface area contributed by atoms with Gasteiger partial charge in [-0.05, 0) is 23.3 Å². The van der Waals surface area contributed by atoms with E-state index in [4.69, 9.17) is 0 Å². The fourth-order valence-corrected chi connectivity index (χ4v) is 2.24. The van der Waals surface area contributed by atoms with Gasteiger partial charge in [0.2, 0.25) is 0 Å². The van der Waals surface area contributed by atoms with Crippen LogP contribution in [0.25, 0.3) is 0 Å². The van der Waals surface area contributed by atoms with Gasteiger partial charge < -0.3 is 10.2 Å². The zero-order valence-corrected chi connectivity index (χ0v) is 13.6. The van der Waals surface area contributed by atoms with Gasteiger partial charge in [0.15, 0.2) is 5.96 Å². The number of guanidine groups is 1. The summed E-state index contributed by atoms with van der Waals surface area (Å²) < 4.78 is 12.9. The first-order chi connectivity index (χ1) is 11.5. The first-order valence-electron chi connectivity index (χ1n) is 7.39. The Hall–Kier alpha value is -2.96. The van der Waals surface area contributed by atoms with Crippen LogP contribution < -0.4 is 5.32 Å². The second-order valence-electron chi connectivity index (χ2n) is 5.31. The molecule has 7 heteroatoms. The van der Waals surface area contributed by atoms with Gasteiger partial charge in [0, 0.05) is 39.3 Å². The van der Waals surface area contributed by atoms with Crippen molar-refractivity contribution in [3.05, 3.63) is 75.6 Å². The van der Waals surface area contributed by atoms with Crippen LogP contribution in [0, 0.1) is 15.9 Å². The zero-order chi connectivity index (χ0) is 17.5. The molecule has 0 saturated carbocycles. The highest BCUT2D eigenvalue weighted by Crippen LogP contribution is 2.12. The van der Waals surface area contributed by atoms with E-state index in [1.165, 1.54) is 24.3 Å². The van der Waals surface area contributed by atoms with Crippen molar-refractivity contribution in [1.82, 2.24) is 10.2 Å². The van der Waals surface area contributed by atoms with E-state index in [1.807, 2.05) is 11.9 Å². The Kier molecular flexibility index (Phi) is 5.83. The summed E-state index contributed by atoms with van der Waals surface area (Å²) in [4.78, 5) is 16.4. The fraction of sp³-hybridized carbons (Fsp3) is 0.235. The van der Waals surface area contributed by atoms with E-state index in [9.17, 15) is 14.5 Å². The minimum atomic E-state index is -0.424. The minimum Gasteiger partial charge on any atom is -0.352 e. The molecule has 0 aliphatic carbocycles. The first kappa shape index (κ1) is 17.4. The van der Waals surface area contributed by atoms with Gasteiger partial charge in [-0.15, -0.1) is 0 Å². The third-order valence-corrected chi connectivity index (χ3v) is 3.50. The maximum Gasteiger partial charge on any atom is 0.269 e. The van der Waals surface area contributed by atoms with Crippen molar-refractivity contribution < 1.29 is 9.31 Å². The van der Waals surface area contributed by atoms with E-state index in [0.29, 0.717) is 19.0 Å². The summed E-state index contributed by atoms with van der Waals surface area (Å²) in [5, 5.41) is 13.8. The van der Waals surface area contributed by atoms with E-state index >= 15 is 0 Å². The third kappa shape index (κ3) is 4.77. The standard InChI is InChI=1S/C17H19FN4O2/c1-19-17(21(2)12-14-3-7-15(18)8-4-14)20-11-13-5-9-16(10-6-13)22(23)24/h3-10H,11-12H2,1-2H3,(H,19,20). The number of aliphatic imine (C=N–C) groups is 1. The first-order valence-corrected chi connectivity index (χ1v) is 7.39. The summed E-state index contributed by atoms with van der Waals surface area (Å²) in [5.41, 5.74) is 1.95. The van der Waals surface area contributed by atoms with Gasteiger partial charge in [0.05, 0.1) is 4.92 Å². The highest BCUT2D eigenvalue weighted by Gasteiger charge is 2.08. The predicted molar refractivity (Wildman–Crippen MR) is 91.2 cm³/mol. The van der Waals surface area contributed by atoms with Gasteiger partial charge in [-0.3, -0.25) is 15.1 Å². The largest absolute Gasteiger partial charge is 0.352 e. The second-order valence-corrected chi connectivity index (χ2v) is 5.31. The molecule has 0 heterocycles. The molecule has 2 aromatic rings. The maximum atomic E-state index is 12.9. The van der Waals surface area contributed by atoms with Crippen molar-refractivity contribution in [2.45, 2.75) is 13.1 Å². The molecule has 2 aromatic carbocycles. The number of benzene rings is 2. The molecule has 0 spiro atoms. The van der Waals surface area contributed by atoms with Gasteiger partial charge in [-0.1, -0.05) is 24.3 Å². The summed E-state index contributed by atoms with van der Waals surface area (Å²) in [6.45, 7) is 1.08. The maximum absolute atomic E-state index is 12.9. The van der Waals surface area contributed by atoms with Crippen molar-refractivity contribution in [3.8, 4) is 0 Å². The van der Waals surface area contributed by atoms with Crippen molar-refractivity contribution >= 4 is 11.6 Å². The number of nitro groups is 1. The van der Waals surface area contributed by atoms with Crippen LogP contribution >= 0.6 is 0 Å². The molecule has 2 rings (SSSR count). The molecule has 0 saturated heterocycles. The summed E-state index contributed by atoms with van der Waals surface area (Å²) in [5.74, 6) is 0.416. The van der Waals surface area contributed by atoms with Crippen molar-refractivity contribution in [3.63, 3.8) is 0 Å². The Morgan fingerprint density at radius 1 is 1.17 bits per heavy atom. The fourth-order valence-electron chi connectivity index (χ4n) is 2.24. The molecule has 0 unspecified atom stereocenters. The highest BCUT2D eigenvalue weighted by atomic mass is 19.1. The number of halogens is 1. The summed E-state index contributed by atoms with van der Waals surface area (Å²) in [6.07, 6.45) is 0. The van der Waals surface area contributed by atoms with Crippen LogP contribution in [0.15, 0.2) is 53.5 Å². The molecular weight excluding hydrogens is 311 g/mol. The zero-order valence-electron chi connectivity index (χ0n) is 13.6. The van der Waals surface area contributed by atoms with Crippen molar-refractivity contribution in [2.75, 3.05) is 14.1 Å². The van der Waals surface area contributed by atoms with Crippen LogP contribution in [0.3, 0.4) is 0 Å². The Labute approximate surface area is 139 Å². The molecular formula is C17H19FN4O2. The number of nitro benzene ring substituents is 1. The smallest absolute Gasteiger partial charge is 0.269 e. The highest BCUT2D eigenvalue weighted by molar-refractivity contribution is 5.79. The molecule has 0 amide bonds. The topological polar surface area (TPSA) is 70.8 Å². The van der Waals surface area contributed by atoms with Gasteiger partial charge in [0.1, 0.15) is 5.82 Å². The Balaban J connectivity index is 1.93. The van der Waals surface area contributed by atoms with Gasteiger partial charge in [-0.2, -0.15) is 0 Å². The van der Waals surface area contributed by atoms with Crippen LogP contribution in [0.4, 0.5) is 10.1 Å². The van der Waals surface area contributed by atoms with Gasteiger partial charge in [0.25, 0.3) is 5.69 Å². The van der Waals surface area contributed by atoms with Crippen LogP contribution in [0.2, 0.25) is 0 Å². The number of nitrogens with zero attached hydrogens (tertiary/aromatic N) is 3. The molecule has 0 bridgehead atoms. The van der Waals surface area contributed by atoms with Gasteiger partial charge in [-0.25, -0.2) is 4.39 Å². The lowest BCUT2D eigenvalue weighted by Crippen LogP contribution is -2.38. The summed E-state index contributed by atoms with van der Waals surface area (Å²) >= 11 is 0. The van der Waals surface area contributed by atoms with Crippen LogP contribution in [0.5, 0.6) is 0 Å². The van der Waals surface area contributed by atoms with E-state index in [2.05, 4.69) is 10.3 Å². The Morgan fingerprint density at radius 3 is 2.29 bits per heavy atom. The summed E-state index contributed by atoms with van der Waals surface area (Å²) in [7, 11) is 3.56. The number of non-ortho nitro benzene ring substituents is 1. The molecule has 126 valence electrons. The average molecular weight is 330 g/mol. The second kappa shape index (κ2) is 8.05. The van der Waals surface area contributed by atoms with Crippen LogP contribution in [0.1, 0.15) is 11.1 Å². The number of hydrogen-bond acceptors (Lipinski definition) is 3. The van der Waals surface area contributed by atoms with E-state index in [0.717, 1.165) is 11.1 Å². The molecule has 0 radical (unpaired) electrons. The molecule has 1 N–H and O–H groups in total. The predicted octanol–water partition coefficient (Wildman–Crippen LogP) is 2.94. The monoisotopic (exact) mass is 330 g/mol. The lowest BCUT2D eigenvalue weighted by molar-refractivity contribution is -0.384. The Morgan fingerprint density at radius 2 is 1.75 bits per heavy atom. The number of rotatable bonds is 5. The molecule has 0 aromatic heterocycles. The number of nitrogens with one attached hydrogen (secondary N) is 1.